The van der Waals surface area contributed by atoms with Crippen LogP contribution < -0.4 is 5.32 Å². The molecule has 1 saturated heterocycles. The van der Waals surface area contributed by atoms with Gasteiger partial charge in [-0.1, -0.05) is 13.8 Å². The van der Waals surface area contributed by atoms with Crippen LogP contribution in [0.1, 0.15) is 20.8 Å². The zero-order chi connectivity index (χ0) is 12.1. The maximum absolute atomic E-state index is 11.9. The van der Waals surface area contributed by atoms with Crippen molar-refractivity contribution in [2.24, 2.45) is 0 Å². The lowest BCUT2D eigenvalue weighted by Crippen LogP contribution is -2.54. The van der Waals surface area contributed by atoms with Gasteiger partial charge in [0, 0.05) is 12.6 Å². The standard InChI is InChI=1S/C11H22N2O3/c1-8(2)12-4-11(15)13-5-10(6-14)16-7-9(13)3/h8-10,12,14H,4-7H2,1-3H3. The van der Waals surface area contributed by atoms with Crippen LogP contribution in [0.5, 0.6) is 0 Å². The molecule has 5 heteroatoms. The van der Waals surface area contributed by atoms with E-state index >= 15 is 0 Å². The topological polar surface area (TPSA) is 61.8 Å². The summed E-state index contributed by atoms with van der Waals surface area (Å²) in [7, 11) is 0. The van der Waals surface area contributed by atoms with Crippen LogP contribution in [0.15, 0.2) is 0 Å². The fourth-order valence-corrected chi connectivity index (χ4v) is 1.67. The van der Waals surface area contributed by atoms with E-state index in [2.05, 4.69) is 5.32 Å². The maximum atomic E-state index is 11.9. The van der Waals surface area contributed by atoms with Gasteiger partial charge in [0.1, 0.15) is 0 Å². The number of nitrogens with one attached hydrogen (secondary N) is 1. The molecule has 1 aliphatic rings. The van der Waals surface area contributed by atoms with Crippen molar-refractivity contribution in [1.82, 2.24) is 10.2 Å². The fourth-order valence-electron chi connectivity index (χ4n) is 1.67. The summed E-state index contributed by atoms with van der Waals surface area (Å²) in [5.74, 6) is 0.0722. The third-order valence-electron chi connectivity index (χ3n) is 2.69. The summed E-state index contributed by atoms with van der Waals surface area (Å²) in [6.07, 6.45) is -0.237. The highest BCUT2D eigenvalue weighted by molar-refractivity contribution is 5.78. The van der Waals surface area contributed by atoms with Crippen LogP contribution in [0.4, 0.5) is 0 Å². The summed E-state index contributed by atoms with van der Waals surface area (Å²) in [4.78, 5) is 13.7. The number of aliphatic hydroxyl groups is 1. The first-order valence-corrected chi connectivity index (χ1v) is 5.80. The molecule has 0 radical (unpaired) electrons. The van der Waals surface area contributed by atoms with E-state index in [0.29, 0.717) is 25.7 Å². The van der Waals surface area contributed by atoms with Crippen LogP contribution in [-0.4, -0.2) is 60.4 Å². The van der Waals surface area contributed by atoms with Crippen molar-refractivity contribution in [3.63, 3.8) is 0 Å². The molecule has 2 N–H and O–H groups in total. The van der Waals surface area contributed by atoms with Crippen LogP contribution in [0.25, 0.3) is 0 Å². The van der Waals surface area contributed by atoms with E-state index in [-0.39, 0.29) is 24.7 Å². The van der Waals surface area contributed by atoms with Gasteiger partial charge in [0.05, 0.1) is 31.9 Å². The lowest BCUT2D eigenvalue weighted by Gasteiger charge is -2.37. The number of ether oxygens (including phenoxy) is 1. The molecule has 0 aromatic heterocycles. The summed E-state index contributed by atoms with van der Waals surface area (Å²) in [5.41, 5.74) is 0. The summed E-state index contributed by atoms with van der Waals surface area (Å²) in [5, 5.41) is 12.1. The number of carbonyl (C=O) groups excluding carboxylic acids is 1. The summed E-state index contributed by atoms with van der Waals surface area (Å²) < 4.78 is 5.38. The molecule has 1 heterocycles. The highest BCUT2D eigenvalue weighted by Gasteiger charge is 2.28. The largest absolute Gasteiger partial charge is 0.394 e. The predicted molar refractivity (Wildman–Crippen MR) is 61.1 cm³/mol. The second-order valence-corrected chi connectivity index (χ2v) is 4.57. The van der Waals surface area contributed by atoms with Crippen LogP contribution >= 0.6 is 0 Å². The Balaban J connectivity index is 2.45. The van der Waals surface area contributed by atoms with Gasteiger partial charge in [-0.25, -0.2) is 0 Å². The van der Waals surface area contributed by atoms with Gasteiger partial charge >= 0.3 is 0 Å². The van der Waals surface area contributed by atoms with Crippen LogP contribution in [0.3, 0.4) is 0 Å². The molecule has 0 aliphatic carbocycles. The molecular formula is C11H22N2O3. The van der Waals surface area contributed by atoms with Gasteiger partial charge in [-0.2, -0.15) is 0 Å². The number of rotatable bonds is 4. The minimum atomic E-state index is -0.237. The first-order valence-electron chi connectivity index (χ1n) is 5.80. The number of hydrogen-bond donors (Lipinski definition) is 2. The third kappa shape index (κ3) is 3.73. The monoisotopic (exact) mass is 230 g/mol. The molecular weight excluding hydrogens is 208 g/mol. The van der Waals surface area contributed by atoms with Gasteiger partial charge in [0.2, 0.25) is 5.91 Å². The quantitative estimate of drug-likeness (QED) is 0.689. The Hall–Kier alpha value is -0.650. The van der Waals surface area contributed by atoms with Crippen molar-refractivity contribution in [2.45, 2.75) is 39.0 Å². The van der Waals surface area contributed by atoms with Gasteiger partial charge in [-0.05, 0) is 6.92 Å². The van der Waals surface area contributed by atoms with Gasteiger partial charge in [0.25, 0.3) is 0 Å². The van der Waals surface area contributed by atoms with Crippen molar-refractivity contribution in [1.29, 1.82) is 0 Å². The fraction of sp³-hybridized carbons (Fsp3) is 0.909. The zero-order valence-electron chi connectivity index (χ0n) is 10.3. The average Bonchev–Trinajstić information content (AvgIpc) is 2.26. The molecule has 0 bridgehead atoms. The molecule has 1 fully saturated rings. The van der Waals surface area contributed by atoms with E-state index in [1.165, 1.54) is 0 Å². The number of hydrogen-bond acceptors (Lipinski definition) is 4. The number of carbonyl (C=O) groups is 1. The Bertz CT molecular complexity index is 233. The second kappa shape index (κ2) is 6.18. The SMILES string of the molecule is CC(C)NCC(=O)N1CC(CO)OCC1C. The molecule has 5 nitrogen and oxygen atoms in total. The van der Waals surface area contributed by atoms with Gasteiger partial charge < -0.3 is 20.1 Å². The number of nitrogens with zero attached hydrogens (tertiary/aromatic N) is 1. The molecule has 0 saturated carbocycles. The van der Waals surface area contributed by atoms with Gasteiger partial charge in [-0.3, -0.25) is 4.79 Å². The smallest absolute Gasteiger partial charge is 0.236 e. The first-order chi connectivity index (χ1) is 7.54. The van der Waals surface area contributed by atoms with E-state index in [0.717, 1.165) is 0 Å². The van der Waals surface area contributed by atoms with E-state index in [1.807, 2.05) is 20.8 Å². The minimum Gasteiger partial charge on any atom is -0.394 e. The number of morpholine rings is 1. The van der Waals surface area contributed by atoms with E-state index < -0.39 is 0 Å². The van der Waals surface area contributed by atoms with E-state index in [9.17, 15) is 4.79 Å². The number of aliphatic hydroxyl groups excluding tert-OH is 1. The maximum Gasteiger partial charge on any atom is 0.236 e. The Morgan fingerprint density at radius 2 is 2.31 bits per heavy atom. The van der Waals surface area contributed by atoms with Crippen molar-refractivity contribution in [3.8, 4) is 0 Å². The minimum absolute atomic E-state index is 0.0336. The van der Waals surface area contributed by atoms with Crippen LogP contribution in [-0.2, 0) is 9.53 Å². The van der Waals surface area contributed by atoms with Crippen LogP contribution in [0, 0.1) is 0 Å². The molecule has 16 heavy (non-hydrogen) atoms. The van der Waals surface area contributed by atoms with E-state index in [4.69, 9.17) is 9.84 Å². The van der Waals surface area contributed by atoms with Crippen molar-refractivity contribution < 1.29 is 14.6 Å². The highest BCUT2D eigenvalue weighted by Crippen LogP contribution is 2.11. The highest BCUT2D eigenvalue weighted by atomic mass is 16.5. The molecule has 94 valence electrons. The van der Waals surface area contributed by atoms with Crippen molar-refractivity contribution in [3.05, 3.63) is 0 Å². The normalized spacial score (nSPS) is 26.2. The third-order valence-corrected chi connectivity index (χ3v) is 2.69. The van der Waals surface area contributed by atoms with Crippen molar-refractivity contribution >= 4 is 5.91 Å². The molecule has 0 spiro atoms. The van der Waals surface area contributed by atoms with Gasteiger partial charge in [-0.15, -0.1) is 0 Å². The Morgan fingerprint density at radius 3 is 2.88 bits per heavy atom. The Kier molecular flexibility index (Phi) is 5.18. The average molecular weight is 230 g/mol. The molecule has 1 amide bonds. The predicted octanol–water partition coefficient (Wildman–Crippen LogP) is -0.407. The summed E-state index contributed by atoms with van der Waals surface area (Å²) >= 11 is 0. The molecule has 0 aromatic carbocycles. The lowest BCUT2D eigenvalue weighted by molar-refractivity contribution is -0.145. The first kappa shape index (κ1) is 13.4. The van der Waals surface area contributed by atoms with Crippen molar-refractivity contribution in [2.75, 3.05) is 26.3 Å². The summed E-state index contributed by atoms with van der Waals surface area (Å²) in [6, 6.07) is 0.387. The van der Waals surface area contributed by atoms with E-state index in [1.54, 1.807) is 4.90 Å². The summed E-state index contributed by atoms with van der Waals surface area (Å²) in [6.45, 7) is 7.27. The molecule has 1 rings (SSSR count). The lowest BCUT2D eigenvalue weighted by atomic mass is 10.2. The molecule has 2 unspecified atom stereocenters. The second-order valence-electron chi connectivity index (χ2n) is 4.57. The molecule has 2 atom stereocenters. The number of amides is 1. The molecule has 1 aliphatic heterocycles. The molecule has 0 aromatic rings. The van der Waals surface area contributed by atoms with Crippen LogP contribution in [0.2, 0.25) is 0 Å². The Morgan fingerprint density at radius 1 is 1.62 bits per heavy atom. The van der Waals surface area contributed by atoms with Gasteiger partial charge in [0.15, 0.2) is 0 Å². The zero-order valence-corrected chi connectivity index (χ0v) is 10.3. The Labute approximate surface area is 96.8 Å².